The second-order valence-corrected chi connectivity index (χ2v) is 4.69. The minimum atomic E-state index is -0.733. The summed E-state index contributed by atoms with van der Waals surface area (Å²) in [5.74, 6) is -1.44. The summed E-state index contributed by atoms with van der Waals surface area (Å²) >= 11 is 0. The van der Waals surface area contributed by atoms with Crippen LogP contribution in [0.25, 0.3) is 0 Å². The standard InChI is InChI=1S/C13H15F2NO2/c1-8(18)10-2-3-16(6-10)13-11(14)4-9(7-17)5-12(13)15/h4-5,7-8,10,18H,2-3,6H2,1H3. The zero-order valence-electron chi connectivity index (χ0n) is 10.1. The van der Waals surface area contributed by atoms with E-state index in [0.29, 0.717) is 25.8 Å². The molecular formula is C13H15F2NO2. The lowest BCUT2D eigenvalue weighted by molar-refractivity contribution is 0.112. The lowest BCUT2D eigenvalue weighted by atomic mass is 10.0. The summed E-state index contributed by atoms with van der Waals surface area (Å²) in [5.41, 5.74) is -0.122. The van der Waals surface area contributed by atoms with Crippen LogP contribution in [0.4, 0.5) is 14.5 Å². The lowest BCUT2D eigenvalue weighted by Gasteiger charge is -2.21. The zero-order chi connectivity index (χ0) is 13.3. The maximum absolute atomic E-state index is 13.8. The molecule has 2 atom stereocenters. The molecule has 0 spiro atoms. The molecule has 2 unspecified atom stereocenters. The Morgan fingerprint density at radius 3 is 2.50 bits per heavy atom. The van der Waals surface area contributed by atoms with Crippen LogP contribution >= 0.6 is 0 Å². The van der Waals surface area contributed by atoms with Crippen molar-refractivity contribution < 1.29 is 18.7 Å². The van der Waals surface area contributed by atoms with Crippen molar-refractivity contribution in [3.63, 3.8) is 0 Å². The summed E-state index contributed by atoms with van der Waals surface area (Å²) in [6.45, 7) is 2.60. The third kappa shape index (κ3) is 2.36. The van der Waals surface area contributed by atoms with Gasteiger partial charge in [0, 0.05) is 24.6 Å². The van der Waals surface area contributed by atoms with Gasteiger partial charge in [-0.25, -0.2) is 8.78 Å². The van der Waals surface area contributed by atoms with Crippen LogP contribution in [-0.2, 0) is 0 Å². The molecule has 1 N–H and O–H groups in total. The van der Waals surface area contributed by atoms with Gasteiger partial charge in [0.1, 0.15) is 23.6 Å². The van der Waals surface area contributed by atoms with Crippen molar-refractivity contribution >= 4 is 12.0 Å². The number of hydrogen-bond acceptors (Lipinski definition) is 3. The molecule has 5 heteroatoms. The van der Waals surface area contributed by atoms with Crippen molar-refractivity contribution in [3.05, 3.63) is 29.3 Å². The van der Waals surface area contributed by atoms with Crippen LogP contribution in [0.3, 0.4) is 0 Å². The number of nitrogens with zero attached hydrogens (tertiary/aromatic N) is 1. The summed E-state index contributed by atoms with van der Waals surface area (Å²) in [7, 11) is 0. The molecule has 1 aromatic rings. The molecule has 1 saturated heterocycles. The molecule has 98 valence electrons. The molecule has 3 nitrogen and oxygen atoms in total. The quantitative estimate of drug-likeness (QED) is 0.840. The SMILES string of the molecule is CC(O)C1CCN(c2c(F)cc(C=O)cc2F)C1. The highest BCUT2D eigenvalue weighted by Crippen LogP contribution is 2.30. The van der Waals surface area contributed by atoms with Crippen LogP contribution in [0.5, 0.6) is 0 Å². The second-order valence-electron chi connectivity index (χ2n) is 4.69. The van der Waals surface area contributed by atoms with Gasteiger partial charge in [0.2, 0.25) is 0 Å². The topological polar surface area (TPSA) is 40.5 Å². The maximum Gasteiger partial charge on any atom is 0.150 e. The Bertz CT molecular complexity index is 439. The average molecular weight is 255 g/mol. The van der Waals surface area contributed by atoms with Crippen molar-refractivity contribution in [1.29, 1.82) is 0 Å². The Balaban J connectivity index is 2.27. The van der Waals surface area contributed by atoms with Gasteiger partial charge in [-0.05, 0) is 25.5 Å². The van der Waals surface area contributed by atoms with Crippen LogP contribution in [0, 0.1) is 17.6 Å². The summed E-state index contributed by atoms with van der Waals surface area (Å²) in [6.07, 6.45) is 0.625. The van der Waals surface area contributed by atoms with Crippen LogP contribution in [0.1, 0.15) is 23.7 Å². The van der Waals surface area contributed by atoms with Crippen LogP contribution < -0.4 is 4.90 Å². The van der Waals surface area contributed by atoms with Gasteiger partial charge in [-0.3, -0.25) is 4.79 Å². The van der Waals surface area contributed by atoms with Gasteiger partial charge in [-0.2, -0.15) is 0 Å². The summed E-state index contributed by atoms with van der Waals surface area (Å²) in [6, 6.07) is 2.06. The Morgan fingerprint density at radius 1 is 1.44 bits per heavy atom. The number of halogens is 2. The highest BCUT2D eigenvalue weighted by Gasteiger charge is 2.29. The normalized spacial score (nSPS) is 21.1. The van der Waals surface area contributed by atoms with Gasteiger partial charge in [-0.1, -0.05) is 0 Å². The number of aldehydes is 1. The van der Waals surface area contributed by atoms with Crippen molar-refractivity contribution in [2.45, 2.75) is 19.4 Å². The number of hydrogen-bond donors (Lipinski definition) is 1. The molecule has 0 amide bonds. The van der Waals surface area contributed by atoms with Gasteiger partial charge in [0.15, 0.2) is 0 Å². The van der Waals surface area contributed by atoms with Crippen molar-refractivity contribution in [2.75, 3.05) is 18.0 Å². The Morgan fingerprint density at radius 2 is 2.06 bits per heavy atom. The maximum atomic E-state index is 13.8. The molecule has 0 aliphatic carbocycles. The molecule has 0 radical (unpaired) electrons. The van der Waals surface area contributed by atoms with E-state index in [1.807, 2.05) is 0 Å². The third-order valence-corrected chi connectivity index (χ3v) is 3.40. The fourth-order valence-corrected chi connectivity index (χ4v) is 2.34. The zero-order valence-corrected chi connectivity index (χ0v) is 10.1. The molecule has 2 rings (SSSR count). The molecule has 1 heterocycles. The van der Waals surface area contributed by atoms with Gasteiger partial charge < -0.3 is 10.0 Å². The first-order valence-electron chi connectivity index (χ1n) is 5.90. The third-order valence-electron chi connectivity index (χ3n) is 3.40. The van der Waals surface area contributed by atoms with E-state index >= 15 is 0 Å². The van der Waals surface area contributed by atoms with E-state index in [9.17, 15) is 18.7 Å². The predicted molar refractivity (Wildman–Crippen MR) is 63.7 cm³/mol. The van der Waals surface area contributed by atoms with Crippen molar-refractivity contribution in [1.82, 2.24) is 0 Å². The van der Waals surface area contributed by atoms with Crippen molar-refractivity contribution in [3.8, 4) is 0 Å². The van der Waals surface area contributed by atoms with Crippen LogP contribution in [-0.4, -0.2) is 30.6 Å². The molecular weight excluding hydrogens is 240 g/mol. The van der Waals surface area contributed by atoms with Gasteiger partial charge in [-0.15, -0.1) is 0 Å². The monoisotopic (exact) mass is 255 g/mol. The number of benzene rings is 1. The fraction of sp³-hybridized carbons (Fsp3) is 0.462. The van der Waals surface area contributed by atoms with Crippen LogP contribution in [0.15, 0.2) is 12.1 Å². The molecule has 18 heavy (non-hydrogen) atoms. The number of anilines is 1. The molecule has 1 aliphatic rings. The number of rotatable bonds is 3. The highest BCUT2D eigenvalue weighted by atomic mass is 19.1. The van der Waals surface area contributed by atoms with E-state index in [4.69, 9.17) is 0 Å². The van der Waals surface area contributed by atoms with Crippen LogP contribution in [0.2, 0.25) is 0 Å². The van der Waals surface area contributed by atoms with E-state index in [1.165, 1.54) is 0 Å². The Labute approximate surface area is 104 Å². The smallest absolute Gasteiger partial charge is 0.150 e. The van der Waals surface area contributed by atoms with Gasteiger partial charge in [0.25, 0.3) is 0 Å². The molecule has 1 fully saturated rings. The second kappa shape index (κ2) is 5.02. The number of carbonyl (C=O) groups excluding carboxylic acids is 1. The summed E-state index contributed by atoms with van der Waals surface area (Å²) < 4.78 is 27.5. The number of carbonyl (C=O) groups is 1. The fourth-order valence-electron chi connectivity index (χ4n) is 2.34. The summed E-state index contributed by atoms with van der Waals surface area (Å²) in [5, 5.41) is 9.48. The first kappa shape index (κ1) is 13.0. The highest BCUT2D eigenvalue weighted by molar-refractivity contribution is 5.76. The van der Waals surface area contributed by atoms with E-state index < -0.39 is 17.7 Å². The first-order valence-corrected chi connectivity index (χ1v) is 5.90. The Hall–Kier alpha value is -1.49. The van der Waals surface area contributed by atoms with E-state index in [1.54, 1.807) is 11.8 Å². The molecule has 0 bridgehead atoms. The van der Waals surface area contributed by atoms with E-state index in [-0.39, 0.29) is 17.2 Å². The molecule has 1 aliphatic heterocycles. The largest absolute Gasteiger partial charge is 0.393 e. The summed E-state index contributed by atoms with van der Waals surface area (Å²) in [4.78, 5) is 12.1. The number of aliphatic hydroxyl groups excluding tert-OH is 1. The van der Waals surface area contributed by atoms with Gasteiger partial charge >= 0.3 is 0 Å². The molecule has 0 saturated carbocycles. The molecule has 0 aromatic heterocycles. The molecule has 1 aromatic carbocycles. The minimum absolute atomic E-state index is 0.0139. The van der Waals surface area contributed by atoms with Gasteiger partial charge in [0.05, 0.1) is 6.10 Å². The number of aliphatic hydroxyl groups is 1. The predicted octanol–water partition coefficient (Wildman–Crippen LogP) is 1.98. The first-order chi connectivity index (χ1) is 8.52. The van der Waals surface area contributed by atoms with Crippen molar-refractivity contribution in [2.24, 2.45) is 5.92 Å². The Kier molecular flexibility index (Phi) is 3.61. The average Bonchev–Trinajstić information content (AvgIpc) is 2.77. The van der Waals surface area contributed by atoms with E-state index in [2.05, 4.69) is 0 Å². The van der Waals surface area contributed by atoms with E-state index in [0.717, 1.165) is 12.1 Å². The minimum Gasteiger partial charge on any atom is -0.393 e. The lowest BCUT2D eigenvalue weighted by Crippen LogP contribution is -2.25.